The third kappa shape index (κ3) is 2.55. The highest BCUT2D eigenvalue weighted by Gasteiger charge is 2.36. The molecule has 2 aliphatic rings. The van der Waals surface area contributed by atoms with Crippen molar-refractivity contribution in [2.75, 3.05) is 0 Å². The van der Waals surface area contributed by atoms with E-state index in [1.165, 1.54) is 28.7 Å². The number of hydrogen-bond acceptors (Lipinski definition) is 2. The molecule has 1 heterocycles. The Labute approximate surface area is 136 Å². The van der Waals surface area contributed by atoms with Crippen molar-refractivity contribution >= 4 is 5.91 Å². The summed E-state index contributed by atoms with van der Waals surface area (Å²) >= 11 is 0. The van der Waals surface area contributed by atoms with Crippen molar-refractivity contribution in [3.8, 4) is 0 Å². The maximum atomic E-state index is 11.8. The molecule has 0 saturated carbocycles. The van der Waals surface area contributed by atoms with Crippen LogP contribution in [0.3, 0.4) is 0 Å². The van der Waals surface area contributed by atoms with Crippen molar-refractivity contribution < 1.29 is 4.79 Å². The SMILES string of the molecule is NC(=O)C1Cc2ccccc2C(C2CCCc3ccccc32)N1. The highest BCUT2D eigenvalue weighted by molar-refractivity contribution is 5.80. The second-order valence-electron chi connectivity index (χ2n) is 6.70. The lowest BCUT2D eigenvalue weighted by atomic mass is 9.74. The molecule has 0 saturated heterocycles. The minimum Gasteiger partial charge on any atom is -0.368 e. The number of carbonyl (C=O) groups is 1. The lowest BCUT2D eigenvalue weighted by Crippen LogP contribution is -2.49. The summed E-state index contributed by atoms with van der Waals surface area (Å²) in [7, 11) is 0. The monoisotopic (exact) mass is 306 g/mol. The number of hydrogen-bond donors (Lipinski definition) is 2. The Morgan fingerprint density at radius 3 is 2.48 bits per heavy atom. The Bertz CT molecular complexity index is 740. The zero-order valence-corrected chi connectivity index (χ0v) is 13.2. The van der Waals surface area contributed by atoms with E-state index in [-0.39, 0.29) is 18.0 Å². The van der Waals surface area contributed by atoms with Gasteiger partial charge in [0.2, 0.25) is 5.91 Å². The van der Waals surface area contributed by atoms with E-state index in [1.807, 2.05) is 6.07 Å². The molecule has 0 spiro atoms. The number of primary amides is 1. The number of nitrogens with one attached hydrogen (secondary N) is 1. The van der Waals surface area contributed by atoms with Gasteiger partial charge in [0, 0.05) is 12.0 Å². The second-order valence-corrected chi connectivity index (χ2v) is 6.70. The molecule has 0 radical (unpaired) electrons. The molecular formula is C20H22N2O. The first-order valence-corrected chi connectivity index (χ1v) is 8.45. The lowest BCUT2D eigenvalue weighted by Gasteiger charge is -2.39. The first kappa shape index (κ1) is 14.5. The third-order valence-electron chi connectivity index (χ3n) is 5.36. The number of aryl methyl sites for hydroxylation is 1. The first-order chi connectivity index (χ1) is 11.2. The molecule has 3 heteroatoms. The second kappa shape index (κ2) is 5.82. The fourth-order valence-electron chi connectivity index (χ4n) is 4.26. The molecule has 3 nitrogen and oxygen atoms in total. The molecule has 0 bridgehead atoms. The highest BCUT2D eigenvalue weighted by atomic mass is 16.1. The molecule has 1 aliphatic carbocycles. The van der Waals surface area contributed by atoms with Gasteiger partial charge in [-0.3, -0.25) is 10.1 Å². The summed E-state index contributed by atoms with van der Waals surface area (Å²) in [6.45, 7) is 0. The Balaban J connectivity index is 1.78. The Kier molecular flexibility index (Phi) is 3.66. The van der Waals surface area contributed by atoms with Gasteiger partial charge in [0.25, 0.3) is 0 Å². The quantitative estimate of drug-likeness (QED) is 0.896. The summed E-state index contributed by atoms with van der Waals surface area (Å²) in [5, 5.41) is 3.55. The smallest absolute Gasteiger partial charge is 0.234 e. The van der Waals surface area contributed by atoms with Crippen LogP contribution in [0.25, 0.3) is 0 Å². The molecule has 3 atom stereocenters. The minimum atomic E-state index is -0.274. The van der Waals surface area contributed by atoms with Crippen LogP contribution in [0.1, 0.15) is 47.1 Å². The van der Waals surface area contributed by atoms with Gasteiger partial charge in [0.1, 0.15) is 0 Å². The van der Waals surface area contributed by atoms with Crippen molar-refractivity contribution in [3.63, 3.8) is 0 Å². The molecule has 23 heavy (non-hydrogen) atoms. The molecule has 118 valence electrons. The van der Waals surface area contributed by atoms with Crippen LogP contribution in [0.15, 0.2) is 48.5 Å². The average Bonchev–Trinajstić information content (AvgIpc) is 2.60. The van der Waals surface area contributed by atoms with E-state index in [2.05, 4.69) is 47.8 Å². The molecule has 2 aromatic rings. The maximum absolute atomic E-state index is 11.8. The van der Waals surface area contributed by atoms with E-state index < -0.39 is 0 Å². The van der Waals surface area contributed by atoms with Crippen molar-refractivity contribution in [1.82, 2.24) is 5.32 Å². The van der Waals surface area contributed by atoms with Gasteiger partial charge in [-0.2, -0.15) is 0 Å². The third-order valence-corrected chi connectivity index (χ3v) is 5.36. The zero-order chi connectivity index (χ0) is 15.8. The van der Waals surface area contributed by atoms with Crippen LogP contribution in [0.5, 0.6) is 0 Å². The summed E-state index contributed by atoms with van der Waals surface area (Å²) < 4.78 is 0. The van der Waals surface area contributed by atoms with Gasteiger partial charge in [-0.25, -0.2) is 0 Å². The fraction of sp³-hybridized carbons (Fsp3) is 0.350. The van der Waals surface area contributed by atoms with Crippen LogP contribution in [-0.2, 0) is 17.6 Å². The van der Waals surface area contributed by atoms with E-state index in [4.69, 9.17) is 5.73 Å². The van der Waals surface area contributed by atoms with E-state index >= 15 is 0 Å². The van der Waals surface area contributed by atoms with Crippen LogP contribution in [0, 0.1) is 0 Å². The molecule has 3 unspecified atom stereocenters. The van der Waals surface area contributed by atoms with Crippen molar-refractivity contribution in [2.24, 2.45) is 5.73 Å². The van der Waals surface area contributed by atoms with Gasteiger partial charge in [-0.15, -0.1) is 0 Å². The van der Waals surface area contributed by atoms with E-state index in [1.54, 1.807) is 0 Å². The largest absolute Gasteiger partial charge is 0.368 e. The molecule has 4 rings (SSSR count). The molecule has 0 fully saturated rings. The van der Waals surface area contributed by atoms with Crippen molar-refractivity contribution in [3.05, 3.63) is 70.8 Å². The van der Waals surface area contributed by atoms with Crippen molar-refractivity contribution in [1.29, 1.82) is 0 Å². The van der Waals surface area contributed by atoms with Gasteiger partial charge in [0.15, 0.2) is 0 Å². The van der Waals surface area contributed by atoms with Gasteiger partial charge < -0.3 is 5.73 Å². The number of amides is 1. The van der Waals surface area contributed by atoms with Gasteiger partial charge in [-0.05, 0) is 47.9 Å². The van der Waals surface area contributed by atoms with Crippen LogP contribution < -0.4 is 11.1 Å². The topological polar surface area (TPSA) is 55.1 Å². The molecule has 3 N–H and O–H groups in total. The van der Waals surface area contributed by atoms with E-state index in [9.17, 15) is 4.79 Å². The van der Waals surface area contributed by atoms with Crippen LogP contribution >= 0.6 is 0 Å². The van der Waals surface area contributed by atoms with Crippen LogP contribution in [0.2, 0.25) is 0 Å². The predicted octanol–water partition coefficient (Wildman–Crippen LogP) is 2.85. The fourth-order valence-corrected chi connectivity index (χ4v) is 4.26. The van der Waals surface area contributed by atoms with Crippen LogP contribution in [-0.4, -0.2) is 11.9 Å². The normalized spacial score (nSPS) is 26.2. The Hall–Kier alpha value is -2.13. The number of nitrogens with two attached hydrogens (primary N) is 1. The summed E-state index contributed by atoms with van der Waals surface area (Å²) in [4.78, 5) is 11.8. The van der Waals surface area contributed by atoms with E-state index in [0.29, 0.717) is 12.3 Å². The van der Waals surface area contributed by atoms with Crippen molar-refractivity contribution in [2.45, 2.75) is 43.7 Å². The minimum absolute atomic E-state index is 0.166. The number of fused-ring (bicyclic) bond motifs is 2. The van der Waals surface area contributed by atoms with Crippen LogP contribution in [0.4, 0.5) is 0 Å². The lowest BCUT2D eigenvalue weighted by molar-refractivity contribution is -0.120. The maximum Gasteiger partial charge on any atom is 0.234 e. The molecule has 0 aromatic heterocycles. The van der Waals surface area contributed by atoms with Gasteiger partial charge >= 0.3 is 0 Å². The average molecular weight is 306 g/mol. The molecule has 1 aliphatic heterocycles. The molecule has 2 aromatic carbocycles. The predicted molar refractivity (Wildman–Crippen MR) is 91.1 cm³/mol. The number of rotatable bonds is 2. The first-order valence-electron chi connectivity index (χ1n) is 8.45. The summed E-state index contributed by atoms with van der Waals surface area (Å²) in [6, 6.07) is 17.1. The van der Waals surface area contributed by atoms with E-state index in [0.717, 1.165) is 12.8 Å². The Morgan fingerprint density at radius 1 is 1.00 bits per heavy atom. The standard InChI is InChI=1S/C20H22N2O/c21-20(23)18-12-14-7-2-4-10-16(14)19(22-18)17-11-5-8-13-6-1-3-9-15(13)17/h1-4,6-7,9-10,17-19,22H,5,8,11-12H2,(H2,21,23). The summed E-state index contributed by atoms with van der Waals surface area (Å²) in [5.74, 6) is 0.150. The summed E-state index contributed by atoms with van der Waals surface area (Å²) in [6.07, 6.45) is 4.19. The zero-order valence-electron chi connectivity index (χ0n) is 13.2. The summed E-state index contributed by atoms with van der Waals surface area (Å²) in [5.41, 5.74) is 11.1. The Morgan fingerprint density at radius 2 is 1.70 bits per heavy atom. The number of benzene rings is 2. The highest BCUT2D eigenvalue weighted by Crippen LogP contribution is 2.43. The molecule has 1 amide bonds. The van der Waals surface area contributed by atoms with Gasteiger partial charge in [-0.1, -0.05) is 48.5 Å². The van der Waals surface area contributed by atoms with Gasteiger partial charge in [0.05, 0.1) is 6.04 Å². The number of carbonyl (C=O) groups excluding carboxylic acids is 1. The molecular weight excluding hydrogens is 284 g/mol.